The van der Waals surface area contributed by atoms with E-state index in [4.69, 9.17) is 0 Å². The first-order chi connectivity index (χ1) is 13.3. The molecule has 4 rings (SSSR count). The Morgan fingerprint density at radius 2 is 1.71 bits per heavy atom. The van der Waals surface area contributed by atoms with E-state index in [2.05, 4.69) is 15.9 Å². The summed E-state index contributed by atoms with van der Waals surface area (Å²) in [5, 5.41) is 0. The molecular weight excluding hydrogens is 447 g/mol. The summed E-state index contributed by atoms with van der Waals surface area (Å²) >= 11 is 3.38. The Labute approximate surface area is 172 Å². The Morgan fingerprint density at radius 3 is 2.43 bits per heavy atom. The maximum Gasteiger partial charge on any atom is 0.241 e. The highest BCUT2D eigenvalue weighted by Gasteiger charge is 2.49. The molecular formula is C20H20BrFN2O3S. The topological polar surface area (TPSA) is 57.7 Å². The molecule has 2 heterocycles. The SMILES string of the molecule is O=C1CN(CCc2ccccc2F)[C@@H]2CS(=O)(=O)C[C@H]2N1c1ccc(Br)cc1. The number of hydrogen-bond donors (Lipinski definition) is 0. The van der Waals surface area contributed by atoms with Gasteiger partial charge in [0.05, 0.1) is 24.1 Å². The lowest BCUT2D eigenvalue weighted by molar-refractivity contribution is -0.123. The number of hydrogen-bond acceptors (Lipinski definition) is 4. The van der Waals surface area contributed by atoms with Crippen LogP contribution in [-0.2, 0) is 21.1 Å². The van der Waals surface area contributed by atoms with Gasteiger partial charge in [0.15, 0.2) is 9.84 Å². The molecule has 0 bridgehead atoms. The average Bonchev–Trinajstić information content (AvgIpc) is 2.97. The zero-order chi connectivity index (χ0) is 19.9. The molecule has 28 heavy (non-hydrogen) atoms. The lowest BCUT2D eigenvalue weighted by Gasteiger charge is -2.43. The molecule has 0 aliphatic carbocycles. The van der Waals surface area contributed by atoms with E-state index in [0.717, 1.165) is 4.47 Å². The van der Waals surface area contributed by atoms with Crippen LogP contribution in [0.1, 0.15) is 5.56 Å². The number of carbonyl (C=O) groups excluding carboxylic acids is 1. The van der Waals surface area contributed by atoms with E-state index in [1.807, 2.05) is 29.2 Å². The lowest BCUT2D eigenvalue weighted by Crippen LogP contribution is -2.62. The van der Waals surface area contributed by atoms with Crippen molar-refractivity contribution in [2.24, 2.45) is 0 Å². The summed E-state index contributed by atoms with van der Waals surface area (Å²) in [5.74, 6) is -0.433. The van der Waals surface area contributed by atoms with E-state index in [0.29, 0.717) is 24.2 Å². The first kappa shape index (κ1) is 19.5. The highest BCUT2D eigenvalue weighted by atomic mass is 79.9. The van der Waals surface area contributed by atoms with E-state index in [1.165, 1.54) is 6.07 Å². The fourth-order valence-electron chi connectivity index (χ4n) is 4.11. The van der Waals surface area contributed by atoms with Gasteiger partial charge in [-0.1, -0.05) is 34.1 Å². The van der Waals surface area contributed by atoms with Crippen molar-refractivity contribution in [2.45, 2.75) is 18.5 Å². The van der Waals surface area contributed by atoms with Gasteiger partial charge in [-0.3, -0.25) is 9.69 Å². The van der Waals surface area contributed by atoms with Crippen molar-refractivity contribution in [1.82, 2.24) is 4.90 Å². The van der Waals surface area contributed by atoms with Gasteiger partial charge in [-0.15, -0.1) is 0 Å². The van der Waals surface area contributed by atoms with Gasteiger partial charge in [0.25, 0.3) is 0 Å². The zero-order valence-electron chi connectivity index (χ0n) is 15.1. The summed E-state index contributed by atoms with van der Waals surface area (Å²) in [6, 6.07) is 13.2. The summed E-state index contributed by atoms with van der Waals surface area (Å²) in [5.41, 5.74) is 1.27. The van der Waals surface area contributed by atoms with Gasteiger partial charge in [-0.25, -0.2) is 12.8 Å². The standard InChI is InChI=1S/C20H20BrFN2O3S/c21-15-5-7-16(8-6-15)24-19-13-28(26,27)12-18(19)23(11-20(24)25)10-9-14-3-1-2-4-17(14)22/h1-8,18-19H,9-13H2/t18-,19-/m1/s1. The summed E-state index contributed by atoms with van der Waals surface area (Å²) in [6.45, 7) is 0.568. The van der Waals surface area contributed by atoms with E-state index in [1.54, 1.807) is 23.1 Å². The number of piperazine rings is 1. The highest BCUT2D eigenvalue weighted by Crippen LogP contribution is 2.32. The molecule has 0 saturated carbocycles. The molecule has 2 aliphatic rings. The summed E-state index contributed by atoms with van der Waals surface area (Å²) in [6.07, 6.45) is 0.432. The van der Waals surface area contributed by atoms with Crippen LogP contribution >= 0.6 is 15.9 Å². The molecule has 2 saturated heterocycles. The van der Waals surface area contributed by atoms with Gasteiger partial charge in [0.1, 0.15) is 5.82 Å². The molecule has 148 valence electrons. The third kappa shape index (κ3) is 3.86. The molecule has 1 amide bonds. The quantitative estimate of drug-likeness (QED) is 0.694. The molecule has 2 aliphatic heterocycles. The van der Waals surface area contributed by atoms with Gasteiger partial charge in [0.2, 0.25) is 5.91 Å². The largest absolute Gasteiger partial charge is 0.306 e. The van der Waals surface area contributed by atoms with Gasteiger partial charge >= 0.3 is 0 Å². The Balaban J connectivity index is 1.59. The second kappa shape index (κ2) is 7.57. The summed E-state index contributed by atoms with van der Waals surface area (Å²) in [7, 11) is -3.24. The minimum atomic E-state index is -3.24. The van der Waals surface area contributed by atoms with Crippen LogP contribution in [0, 0.1) is 5.82 Å². The number of anilines is 1. The van der Waals surface area contributed by atoms with Crippen LogP contribution in [0.5, 0.6) is 0 Å². The predicted molar refractivity (Wildman–Crippen MR) is 110 cm³/mol. The first-order valence-corrected chi connectivity index (χ1v) is 11.7. The zero-order valence-corrected chi connectivity index (χ0v) is 17.5. The maximum absolute atomic E-state index is 13.9. The normalized spacial score (nSPS) is 24.4. The van der Waals surface area contributed by atoms with Crippen LogP contribution in [0.4, 0.5) is 10.1 Å². The molecule has 8 heteroatoms. The minimum absolute atomic E-state index is 0.0231. The molecule has 0 radical (unpaired) electrons. The third-order valence-electron chi connectivity index (χ3n) is 5.43. The minimum Gasteiger partial charge on any atom is -0.306 e. The van der Waals surface area contributed by atoms with Crippen molar-refractivity contribution in [2.75, 3.05) is 29.5 Å². The fraction of sp³-hybridized carbons (Fsp3) is 0.350. The Kier molecular flexibility index (Phi) is 5.28. The van der Waals surface area contributed by atoms with Crippen LogP contribution in [-0.4, -0.2) is 55.9 Å². The maximum atomic E-state index is 13.9. The molecule has 2 fully saturated rings. The first-order valence-electron chi connectivity index (χ1n) is 9.09. The van der Waals surface area contributed by atoms with E-state index in [-0.39, 0.29) is 35.8 Å². The Morgan fingerprint density at radius 1 is 1.04 bits per heavy atom. The molecule has 0 unspecified atom stereocenters. The van der Waals surface area contributed by atoms with Crippen molar-refractivity contribution in [3.8, 4) is 0 Å². The smallest absolute Gasteiger partial charge is 0.241 e. The number of sulfone groups is 1. The summed E-state index contributed by atoms with van der Waals surface area (Å²) in [4.78, 5) is 16.5. The fourth-order valence-corrected chi connectivity index (χ4v) is 6.35. The molecule has 0 N–H and O–H groups in total. The van der Waals surface area contributed by atoms with Crippen molar-refractivity contribution in [1.29, 1.82) is 0 Å². The number of halogens is 2. The molecule has 5 nitrogen and oxygen atoms in total. The van der Waals surface area contributed by atoms with Crippen LogP contribution in [0.25, 0.3) is 0 Å². The van der Waals surface area contributed by atoms with Crippen LogP contribution in [0.2, 0.25) is 0 Å². The van der Waals surface area contributed by atoms with Crippen molar-refractivity contribution < 1.29 is 17.6 Å². The van der Waals surface area contributed by atoms with Crippen molar-refractivity contribution in [3.63, 3.8) is 0 Å². The lowest BCUT2D eigenvalue weighted by atomic mass is 10.0. The molecule has 0 spiro atoms. The van der Waals surface area contributed by atoms with Crippen LogP contribution in [0.3, 0.4) is 0 Å². The van der Waals surface area contributed by atoms with Gasteiger partial charge in [0, 0.05) is 22.7 Å². The van der Waals surface area contributed by atoms with E-state index >= 15 is 0 Å². The highest BCUT2D eigenvalue weighted by molar-refractivity contribution is 9.10. The van der Waals surface area contributed by atoms with E-state index in [9.17, 15) is 17.6 Å². The van der Waals surface area contributed by atoms with E-state index < -0.39 is 15.9 Å². The van der Waals surface area contributed by atoms with Crippen molar-refractivity contribution >= 4 is 37.4 Å². The van der Waals surface area contributed by atoms with Gasteiger partial charge < -0.3 is 4.90 Å². The number of amides is 1. The second-order valence-corrected chi connectivity index (χ2v) is 10.3. The number of benzene rings is 2. The molecule has 0 aromatic heterocycles. The van der Waals surface area contributed by atoms with Crippen LogP contribution in [0.15, 0.2) is 53.0 Å². The van der Waals surface area contributed by atoms with Crippen molar-refractivity contribution in [3.05, 3.63) is 64.4 Å². The Hall–Kier alpha value is -1.77. The van der Waals surface area contributed by atoms with Crippen LogP contribution < -0.4 is 4.90 Å². The summed E-state index contributed by atoms with van der Waals surface area (Å²) < 4.78 is 39.6. The second-order valence-electron chi connectivity index (χ2n) is 7.26. The monoisotopic (exact) mass is 466 g/mol. The number of carbonyl (C=O) groups is 1. The predicted octanol–water partition coefficient (Wildman–Crippen LogP) is 2.65. The van der Waals surface area contributed by atoms with Gasteiger partial charge in [-0.05, 0) is 42.3 Å². The average molecular weight is 467 g/mol. The molecule has 2 atom stereocenters. The molecule has 2 aromatic rings. The van der Waals surface area contributed by atoms with Gasteiger partial charge in [-0.2, -0.15) is 0 Å². The number of rotatable bonds is 4. The third-order valence-corrected chi connectivity index (χ3v) is 7.66. The number of fused-ring (bicyclic) bond motifs is 1. The molecule has 2 aromatic carbocycles. The Bertz CT molecular complexity index is 997. The number of nitrogens with zero attached hydrogens (tertiary/aromatic N) is 2.